The van der Waals surface area contributed by atoms with E-state index in [4.69, 9.17) is 4.74 Å². The number of rotatable bonds is 8. The van der Waals surface area contributed by atoms with Gasteiger partial charge in [-0.3, -0.25) is 0 Å². The van der Waals surface area contributed by atoms with Crippen LogP contribution in [0.3, 0.4) is 0 Å². The second-order valence-corrected chi connectivity index (χ2v) is 6.72. The van der Waals surface area contributed by atoms with Crippen LogP contribution in [0.25, 0.3) is 0 Å². The number of aryl methyl sites for hydroxylation is 2. The molecule has 0 heterocycles. The van der Waals surface area contributed by atoms with Crippen molar-refractivity contribution in [2.75, 3.05) is 0 Å². The Bertz CT molecular complexity index is 573. The number of carbonyl (C=O) groups excluding carboxylic acids is 1. The molecule has 0 aliphatic carbocycles. The third-order valence-electron chi connectivity index (χ3n) is 4.68. The normalized spacial score (nSPS) is 14.6. The zero-order valence-electron chi connectivity index (χ0n) is 15.1. The van der Waals surface area contributed by atoms with E-state index in [0.29, 0.717) is 5.75 Å². The molecule has 0 unspecified atom stereocenters. The van der Waals surface area contributed by atoms with Crippen LogP contribution in [0, 0.1) is 36.5 Å². The van der Waals surface area contributed by atoms with Gasteiger partial charge in [-0.05, 0) is 50.3 Å². The Hall–Kier alpha value is -1.82. The highest BCUT2D eigenvalue weighted by molar-refractivity contribution is 5.82. The lowest BCUT2D eigenvalue weighted by molar-refractivity contribution is -0.144. The molecule has 1 aromatic carbocycles. The van der Waals surface area contributed by atoms with E-state index >= 15 is 0 Å². The molecule has 1 rings (SSSR count). The largest absolute Gasteiger partial charge is 0.425 e. The van der Waals surface area contributed by atoms with E-state index in [1.165, 1.54) is 12.8 Å². The topological polar surface area (TPSA) is 50.1 Å². The summed E-state index contributed by atoms with van der Waals surface area (Å²) in [6.07, 6.45) is 5.44. The van der Waals surface area contributed by atoms with Gasteiger partial charge in [-0.1, -0.05) is 51.7 Å². The Morgan fingerprint density at radius 3 is 2.61 bits per heavy atom. The Kier molecular flexibility index (Phi) is 7.29. The van der Waals surface area contributed by atoms with Crippen molar-refractivity contribution in [3.63, 3.8) is 0 Å². The Balaban J connectivity index is 2.80. The molecular formula is C20H29NO2. The van der Waals surface area contributed by atoms with Gasteiger partial charge in [0.15, 0.2) is 5.41 Å². The van der Waals surface area contributed by atoms with Crippen LogP contribution in [0.2, 0.25) is 0 Å². The summed E-state index contributed by atoms with van der Waals surface area (Å²) < 4.78 is 5.57. The smallest absolute Gasteiger partial charge is 0.331 e. The number of nitriles is 1. The van der Waals surface area contributed by atoms with Crippen molar-refractivity contribution >= 4 is 5.97 Å². The summed E-state index contributed by atoms with van der Waals surface area (Å²) in [6.45, 7) is 9.70. The van der Waals surface area contributed by atoms with Crippen LogP contribution >= 0.6 is 0 Å². The van der Waals surface area contributed by atoms with Crippen LogP contribution in [-0.4, -0.2) is 5.97 Å². The van der Waals surface area contributed by atoms with Crippen LogP contribution in [0.15, 0.2) is 18.2 Å². The summed E-state index contributed by atoms with van der Waals surface area (Å²) in [6, 6.07) is 7.95. The third kappa shape index (κ3) is 5.10. The summed E-state index contributed by atoms with van der Waals surface area (Å²) in [5.74, 6) is 0.0771. The van der Waals surface area contributed by atoms with E-state index in [1.54, 1.807) is 6.92 Å². The molecule has 0 fully saturated rings. The molecule has 0 aliphatic rings. The van der Waals surface area contributed by atoms with Gasteiger partial charge in [0.05, 0.1) is 6.07 Å². The zero-order chi connectivity index (χ0) is 17.5. The van der Waals surface area contributed by atoms with Crippen molar-refractivity contribution in [1.82, 2.24) is 0 Å². The molecule has 0 bridgehead atoms. The Morgan fingerprint density at radius 1 is 1.30 bits per heavy atom. The first-order valence-corrected chi connectivity index (χ1v) is 8.56. The predicted molar refractivity (Wildman–Crippen MR) is 93.2 cm³/mol. The third-order valence-corrected chi connectivity index (χ3v) is 4.68. The summed E-state index contributed by atoms with van der Waals surface area (Å²) >= 11 is 0. The minimum atomic E-state index is -1.11. The predicted octanol–water partition coefficient (Wildman–Crippen LogP) is 5.35. The number of esters is 1. The Morgan fingerprint density at radius 2 is 2.00 bits per heavy atom. The standard InChI is InChI=1S/C20H29NO2/c1-6-7-8-9-10-17(4)20(5,14-21)19(22)23-18-13-15(2)11-12-16(18)3/h11-13,17H,6-10H2,1-5H3/t17-,20+/m1/s1. The second kappa shape index (κ2) is 8.72. The SMILES string of the molecule is CCCCCC[C@@H](C)[C@](C)(C#N)C(=O)Oc1cc(C)ccc1C. The summed E-state index contributed by atoms with van der Waals surface area (Å²) in [5.41, 5.74) is 0.826. The summed E-state index contributed by atoms with van der Waals surface area (Å²) in [5, 5.41) is 9.58. The fourth-order valence-electron chi connectivity index (χ4n) is 2.55. The maximum Gasteiger partial charge on any atom is 0.331 e. The van der Waals surface area contributed by atoms with Gasteiger partial charge >= 0.3 is 5.97 Å². The molecule has 0 aliphatic heterocycles. The van der Waals surface area contributed by atoms with E-state index in [9.17, 15) is 10.1 Å². The minimum absolute atomic E-state index is 0.0260. The molecule has 0 saturated heterocycles. The van der Waals surface area contributed by atoms with Gasteiger partial charge < -0.3 is 4.74 Å². The zero-order valence-corrected chi connectivity index (χ0v) is 15.1. The fraction of sp³-hybridized carbons (Fsp3) is 0.600. The monoisotopic (exact) mass is 315 g/mol. The lowest BCUT2D eigenvalue weighted by Crippen LogP contribution is -2.36. The molecule has 23 heavy (non-hydrogen) atoms. The maximum absolute atomic E-state index is 12.6. The lowest BCUT2D eigenvalue weighted by atomic mass is 9.76. The number of hydrogen-bond donors (Lipinski definition) is 0. The quantitative estimate of drug-likeness (QED) is 0.369. The summed E-state index contributed by atoms with van der Waals surface area (Å²) in [7, 11) is 0. The maximum atomic E-state index is 12.6. The van der Waals surface area contributed by atoms with Gasteiger partial charge in [-0.25, -0.2) is 4.79 Å². The lowest BCUT2D eigenvalue weighted by Gasteiger charge is -2.27. The molecule has 126 valence electrons. The average molecular weight is 315 g/mol. The second-order valence-electron chi connectivity index (χ2n) is 6.72. The summed E-state index contributed by atoms with van der Waals surface area (Å²) in [4.78, 5) is 12.6. The minimum Gasteiger partial charge on any atom is -0.425 e. The molecule has 0 N–H and O–H groups in total. The van der Waals surface area contributed by atoms with Gasteiger partial charge in [-0.2, -0.15) is 5.26 Å². The van der Waals surface area contributed by atoms with Crippen molar-refractivity contribution in [3.8, 4) is 11.8 Å². The van der Waals surface area contributed by atoms with E-state index in [1.807, 2.05) is 39.0 Å². The molecular weight excluding hydrogens is 286 g/mol. The molecule has 2 atom stereocenters. The molecule has 0 aromatic heterocycles. The first kappa shape index (κ1) is 19.2. The van der Waals surface area contributed by atoms with Crippen LogP contribution < -0.4 is 4.74 Å². The van der Waals surface area contributed by atoms with Crippen molar-refractivity contribution in [1.29, 1.82) is 5.26 Å². The van der Waals surface area contributed by atoms with Gasteiger partial charge in [0, 0.05) is 0 Å². The van der Waals surface area contributed by atoms with E-state index in [2.05, 4.69) is 13.0 Å². The number of ether oxygens (including phenoxy) is 1. The number of unbranched alkanes of at least 4 members (excludes halogenated alkanes) is 3. The average Bonchev–Trinajstić information content (AvgIpc) is 2.53. The van der Waals surface area contributed by atoms with Gasteiger partial charge in [0.2, 0.25) is 0 Å². The van der Waals surface area contributed by atoms with E-state index in [0.717, 1.165) is 30.4 Å². The molecule has 3 heteroatoms. The molecule has 0 radical (unpaired) electrons. The van der Waals surface area contributed by atoms with Gasteiger partial charge in [-0.15, -0.1) is 0 Å². The van der Waals surface area contributed by atoms with Crippen LogP contribution in [0.4, 0.5) is 0 Å². The number of carbonyl (C=O) groups is 1. The molecule has 0 amide bonds. The number of benzene rings is 1. The first-order chi connectivity index (χ1) is 10.8. The van der Waals surface area contributed by atoms with Crippen molar-refractivity contribution in [2.24, 2.45) is 11.3 Å². The van der Waals surface area contributed by atoms with Crippen LogP contribution in [0.1, 0.15) is 64.0 Å². The highest BCUT2D eigenvalue weighted by atomic mass is 16.5. The highest BCUT2D eigenvalue weighted by Gasteiger charge is 2.41. The molecule has 0 spiro atoms. The number of hydrogen-bond acceptors (Lipinski definition) is 3. The molecule has 1 aromatic rings. The molecule has 3 nitrogen and oxygen atoms in total. The van der Waals surface area contributed by atoms with Crippen LogP contribution in [-0.2, 0) is 4.79 Å². The fourth-order valence-corrected chi connectivity index (χ4v) is 2.55. The van der Waals surface area contributed by atoms with Crippen molar-refractivity contribution < 1.29 is 9.53 Å². The van der Waals surface area contributed by atoms with E-state index < -0.39 is 11.4 Å². The van der Waals surface area contributed by atoms with Gasteiger partial charge in [0.1, 0.15) is 5.75 Å². The van der Waals surface area contributed by atoms with Crippen molar-refractivity contribution in [3.05, 3.63) is 29.3 Å². The van der Waals surface area contributed by atoms with Crippen molar-refractivity contribution in [2.45, 2.75) is 66.7 Å². The highest BCUT2D eigenvalue weighted by Crippen LogP contribution is 2.33. The molecule has 0 saturated carbocycles. The van der Waals surface area contributed by atoms with E-state index in [-0.39, 0.29) is 5.92 Å². The number of nitrogens with zero attached hydrogens (tertiary/aromatic N) is 1. The first-order valence-electron chi connectivity index (χ1n) is 8.56. The van der Waals surface area contributed by atoms with Crippen LogP contribution in [0.5, 0.6) is 5.75 Å². The Labute approximate surface area is 140 Å². The van der Waals surface area contributed by atoms with Gasteiger partial charge in [0.25, 0.3) is 0 Å².